The second-order valence-corrected chi connectivity index (χ2v) is 6.78. The Labute approximate surface area is 154 Å². The van der Waals surface area contributed by atoms with Crippen molar-refractivity contribution in [3.8, 4) is 0 Å². The molecule has 2 atom stereocenters. The quantitative estimate of drug-likeness (QED) is 0.880. The molecule has 0 saturated carbocycles. The van der Waals surface area contributed by atoms with Gasteiger partial charge in [-0.2, -0.15) is 0 Å². The van der Waals surface area contributed by atoms with E-state index < -0.39 is 5.66 Å². The molecule has 2 aromatic carbocycles. The first kappa shape index (κ1) is 18.9. The van der Waals surface area contributed by atoms with Crippen molar-refractivity contribution in [2.24, 2.45) is 5.73 Å². The SMILES string of the molecule is CC(=O)C1(N)c2c(Cl)cccc2C(c2ccc(C)cc2)CN1C.Cl. The van der Waals surface area contributed by atoms with Gasteiger partial charge in [0.15, 0.2) is 11.4 Å². The van der Waals surface area contributed by atoms with Crippen LogP contribution < -0.4 is 5.73 Å². The molecule has 1 heterocycles. The molecule has 1 aliphatic rings. The fourth-order valence-corrected chi connectivity index (χ4v) is 3.79. The van der Waals surface area contributed by atoms with Crippen molar-refractivity contribution < 1.29 is 4.79 Å². The highest BCUT2D eigenvalue weighted by atomic mass is 35.5. The van der Waals surface area contributed by atoms with Crippen molar-refractivity contribution in [2.75, 3.05) is 13.6 Å². The number of hydrogen-bond acceptors (Lipinski definition) is 3. The summed E-state index contributed by atoms with van der Waals surface area (Å²) in [7, 11) is 1.88. The number of rotatable bonds is 2. The van der Waals surface area contributed by atoms with Gasteiger partial charge in [0.25, 0.3) is 0 Å². The molecule has 0 fully saturated rings. The number of fused-ring (bicyclic) bond motifs is 1. The van der Waals surface area contributed by atoms with Crippen LogP contribution >= 0.6 is 24.0 Å². The summed E-state index contributed by atoms with van der Waals surface area (Å²) in [4.78, 5) is 14.2. The maximum atomic E-state index is 12.3. The van der Waals surface area contributed by atoms with Crippen molar-refractivity contribution >= 4 is 29.8 Å². The zero-order valence-electron chi connectivity index (χ0n) is 14.0. The third-order valence-electron chi connectivity index (χ3n) is 4.88. The Morgan fingerprint density at radius 2 is 1.88 bits per heavy atom. The Morgan fingerprint density at radius 3 is 2.46 bits per heavy atom. The van der Waals surface area contributed by atoms with Crippen molar-refractivity contribution in [3.63, 3.8) is 0 Å². The van der Waals surface area contributed by atoms with E-state index in [2.05, 4.69) is 31.2 Å². The zero-order valence-corrected chi connectivity index (χ0v) is 15.6. The van der Waals surface area contributed by atoms with E-state index in [1.54, 1.807) is 6.07 Å². The van der Waals surface area contributed by atoms with Gasteiger partial charge in [-0.1, -0.05) is 53.6 Å². The van der Waals surface area contributed by atoms with E-state index in [9.17, 15) is 4.79 Å². The molecule has 2 N–H and O–H groups in total. The summed E-state index contributed by atoms with van der Waals surface area (Å²) in [6, 6.07) is 14.2. The van der Waals surface area contributed by atoms with Crippen LogP contribution in [0, 0.1) is 6.92 Å². The van der Waals surface area contributed by atoms with Crippen LogP contribution in [0.3, 0.4) is 0 Å². The molecule has 2 unspecified atom stereocenters. The highest BCUT2D eigenvalue weighted by Gasteiger charge is 2.46. The van der Waals surface area contributed by atoms with Crippen LogP contribution in [0.5, 0.6) is 0 Å². The maximum absolute atomic E-state index is 12.3. The average molecular weight is 365 g/mol. The topological polar surface area (TPSA) is 46.3 Å². The van der Waals surface area contributed by atoms with Gasteiger partial charge in [-0.3, -0.25) is 9.69 Å². The predicted octanol–water partition coefficient (Wildman–Crippen LogP) is 3.85. The number of ketones is 1. The lowest BCUT2D eigenvalue weighted by Gasteiger charge is -2.45. The van der Waals surface area contributed by atoms with Crippen molar-refractivity contribution in [1.29, 1.82) is 0 Å². The molecule has 128 valence electrons. The van der Waals surface area contributed by atoms with E-state index in [1.165, 1.54) is 18.1 Å². The number of aryl methyl sites for hydroxylation is 1. The molecule has 1 aliphatic heterocycles. The average Bonchev–Trinajstić information content (AvgIpc) is 2.51. The fourth-order valence-electron chi connectivity index (χ4n) is 3.47. The second-order valence-electron chi connectivity index (χ2n) is 6.37. The van der Waals surface area contributed by atoms with Gasteiger partial charge in [0.2, 0.25) is 0 Å². The van der Waals surface area contributed by atoms with Crippen LogP contribution in [0.1, 0.15) is 35.1 Å². The monoisotopic (exact) mass is 364 g/mol. The summed E-state index contributed by atoms with van der Waals surface area (Å²) in [5.74, 6) is 0.0435. The number of carbonyl (C=O) groups excluding carboxylic acids is 1. The molecule has 0 radical (unpaired) electrons. The first-order valence-electron chi connectivity index (χ1n) is 7.72. The summed E-state index contributed by atoms with van der Waals surface area (Å²) in [5, 5.41) is 0.545. The minimum Gasteiger partial charge on any atom is -0.303 e. The highest BCUT2D eigenvalue weighted by molar-refractivity contribution is 6.32. The fraction of sp³-hybridized carbons (Fsp3) is 0.316. The van der Waals surface area contributed by atoms with Gasteiger partial charge in [0.1, 0.15) is 0 Å². The van der Waals surface area contributed by atoms with E-state index in [0.717, 1.165) is 11.1 Å². The van der Waals surface area contributed by atoms with Gasteiger partial charge in [-0.25, -0.2) is 0 Å². The number of hydrogen-bond donors (Lipinski definition) is 1. The Morgan fingerprint density at radius 1 is 1.25 bits per heavy atom. The molecule has 24 heavy (non-hydrogen) atoms. The van der Waals surface area contributed by atoms with Gasteiger partial charge in [-0.15, -0.1) is 12.4 Å². The minimum absolute atomic E-state index is 0. The van der Waals surface area contributed by atoms with Gasteiger partial charge in [0, 0.05) is 23.0 Å². The van der Waals surface area contributed by atoms with Crippen LogP contribution in [0.4, 0.5) is 0 Å². The first-order chi connectivity index (χ1) is 10.9. The van der Waals surface area contributed by atoms with Crippen LogP contribution in [-0.2, 0) is 10.5 Å². The lowest BCUT2D eigenvalue weighted by atomic mass is 9.77. The molecule has 0 aromatic heterocycles. The Kier molecular flexibility index (Phi) is 5.41. The smallest absolute Gasteiger partial charge is 0.169 e. The number of nitrogens with two attached hydrogens (primary N) is 1. The number of Topliss-reactive ketones (excluding diaryl/α,β-unsaturated/α-hetero) is 1. The van der Waals surface area contributed by atoms with Gasteiger partial charge in [-0.05, 0) is 38.1 Å². The lowest BCUT2D eigenvalue weighted by molar-refractivity contribution is -0.129. The number of benzene rings is 2. The van der Waals surface area contributed by atoms with E-state index in [0.29, 0.717) is 11.6 Å². The van der Waals surface area contributed by atoms with Crippen LogP contribution in [-0.4, -0.2) is 24.3 Å². The number of nitrogens with zero attached hydrogens (tertiary/aromatic N) is 1. The van der Waals surface area contributed by atoms with E-state index in [4.69, 9.17) is 17.3 Å². The molecule has 5 heteroatoms. The summed E-state index contributed by atoms with van der Waals surface area (Å²) in [6.07, 6.45) is 0. The normalized spacial score (nSPS) is 23.3. The second kappa shape index (κ2) is 6.85. The number of halogens is 2. The van der Waals surface area contributed by atoms with Gasteiger partial charge in [0.05, 0.1) is 0 Å². The Bertz CT molecular complexity index is 760. The summed E-state index contributed by atoms with van der Waals surface area (Å²) >= 11 is 6.46. The molecule has 0 saturated heterocycles. The van der Waals surface area contributed by atoms with E-state index >= 15 is 0 Å². The minimum atomic E-state index is -1.17. The van der Waals surface area contributed by atoms with Crippen molar-refractivity contribution in [3.05, 3.63) is 69.7 Å². The zero-order chi connectivity index (χ0) is 16.8. The number of carbonyl (C=O) groups is 1. The molecule has 0 aliphatic carbocycles. The van der Waals surface area contributed by atoms with E-state index in [-0.39, 0.29) is 24.1 Å². The molecular formula is C19H22Cl2N2O. The lowest BCUT2D eigenvalue weighted by Crippen LogP contribution is -2.60. The third-order valence-corrected chi connectivity index (χ3v) is 5.19. The van der Waals surface area contributed by atoms with Crippen molar-refractivity contribution in [2.45, 2.75) is 25.4 Å². The van der Waals surface area contributed by atoms with Gasteiger partial charge >= 0.3 is 0 Å². The Balaban J connectivity index is 0.00000208. The van der Waals surface area contributed by atoms with E-state index in [1.807, 2.05) is 24.1 Å². The molecule has 3 nitrogen and oxygen atoms in total. The molecule has 2 aromatic rings. The van der Waals surface area contributed by atoms with Crippen LogP contribution in [0.25, 0.3) is 0 Å². The summed E-state index contributed by atoms with van der Waals surface area (Å²) in [5.41, 5.74) is 9.54. The Hall–Kier alpha value is -1.39. The van der Waals surface area contributed by atoms with Crippen molar-refractivity contribution in [1.82, 2.24) is 4.90 Å². The molecule has 0 bridgehead atoms. The van der Waals surface area contributed by atoms with Gasteiger partial charge < -0.3 is 5.73 Å². The molecular weight excluding hydrogens is 343 g/mol. The highest BCUT2D eigenvalue weighted by Crippen LogP contribution is 2.43. The first-order valence-corrected chi connectivity index (χ1v) is 8.10. The molecule has 0 spiro atoms. The maximum Gasteiger partial charge on any atom is 0.169 e. The summed E-state index contributed by atoms with van der Waals surface area (Å²) in [6.45, 7) is 4.27. The standard InChI is InChI=1S/C19H21ClN2O.ClH/c1-12-7-9-14(10-8-12)16-11-22(3)19(21,13(2)23)18-15(16)5-4-6-17(18)20;/h4-10,16H,11,21H2,1-3H3;1H. The molecule has 3 rings (SSSR count). The number of likely N-dealkylation sites (N-methyl/N-ethyl adjacent to an activating group) is 1. The molecule has 0 amide bonds. The third kappa shape index (κ3) is 2.86. The summed E-state index contributed by atoms with van der Waals surface area (Å²) < 4.78 is 0. The predicted molar refractivity (Wildman–Crippen MR) is 101 cm³/mol. The largest absolute Gasteiger partial charge is 0.303 e. The van der Waals surface area contributed by atoms with Crippen LogP contribution in [0.15, 0.2) is 42.5 Å². The van der Waals surface area contributed by atoms with Crippen LogP contribution in [0.2, 0.25) is 5.02 Å².